The van der Waals surface area contributed by atoms with Crippen molar-refractivity contribution in [2.75, 3.05) is 16.8 Å². The number of hydrogen-bond donors (Lipinski definition) is 1. The number of carbonyl (C=O) groups excluding carboxylic acids is 1. The third kappa shape index (κ3) is 3.56. The maximum Gasteiger partial charge on any atom is 0.353 e. The SMILES string of the molecule is Cc1cc2nn(CC(=O)Nc3cc(C)on3)c(=O)n2c(N2CCc3ccccc3C2)n1. The number of rotatable bonds is 4. The molecule has 0 unspecified atom stereocenters. The van der Waals surface area contributed by atoms with E-state index in [1.54, 1.807) is 19.1 Å². The fourth-order valence-corrected chi connectivity index (χ4v) is 3.86. The monoisotopic (exact) mass is 419 g/mol. The highest BCUT2D eigenvalue weighted by Gasteiger charge is 2.23. The van der Waals surface area contributed by atoms with Crippen molar-refractivity contribution in [3.63, 3.8) is 0 Å². The first-order valence-corrected chi connectivity index (χ1v) is 10.00. The van der Waals surface area contributed by atoms with E-state index in [1.807, 2.05) is 19.1 Å². The van der Waals surface area contributed by atoms with Crippen LogP contribution in [-0.4, -0.2) is 36.8 Å². The zero-order valence-corrected chi connectivity index (χ0v) is 17.2. The molecule has 0 aliphatic carbocycles. The molecule has 0 spiro atoms. The van der Waals surface area contributed by atoms with Crippen LogP contribution in [0.2, 0.25) is 0 Å². The molecule has 5 rings (SSSR count). The third-order valence-corrected chi connectivity index (χ3v) is 5.28. The largest absolute Gasteiger partial charge is 0.360 e. The molecule has 1 amide bonds. The highest BCUT2D eigenvalue weighted by molar-refractivity contribution is 5.89. The summed E-state index contributed by atoms with van der Waals surface area (Å²) in [5.41, 5.74) is 3.32. The molecule has 4 heterocycles. The maximum absolute atomic E-state index is 13.1. The Hall–Kier alpha value is -3.95. The van der Waals surface area contributed by atoms with Crippen LogP contribution in [0, 0.1) is 13.8 Å². The van der Waals surface area contributed by atoms with E-state index in [0.29, 0.717) is 29.7 Å². The number of amides is 1. The summed E-state index contributed by atoms with van der Waals surface area (Å²) in [5.74, 6) is 0.990. The van der Waals surface area contributed by atoms with Gasteiger partial charge in [-0.3, -0.25) is 4.79 Å². The summed E-state index contributed by atoms with van der Waals surface area (Å²) in [4.78, 5) is 32.2. The van der Waals surface area contributed by atoms with Crippen LogP contribution in [0.25, 0.3) is 5.65 Å². The smallest absolute Gasteiger partial charge is 0.353 e. The number of carbonyl (C=O) groups is 1. The normalized spacial score (nSPS) is 13.4. The number of hydrogen-bond acceptors (Lipinski definition) is 7. The minimum atomic E-state index is -0.420. The first kappa shape index (κ1) is 19.0. The zero-order chi connectivity index (χ0) is 21.5. The van der Waals surface area contributed by atoms with Crippen molar-refractivity contribution in [3.05, 3.63) is 69.5 Å². The lowest BCUT2D eigenvalue weighted by atomic mass is 10.0. The molecule has 10 heteroatoms. The molecule has 1 aromatic carbocycles. The van der Waals surface area contributed by atoms with Gasteiger partial charge in [-0.25, -0.2) is 18.9 Å². The van der Waals surface area contributed by atoms with E-state index < -0.39 is 11.6 Å². The van der Waals surface area contributed by atoms with Gasteiger partial charge in [0, 0.05) is 30.9 Å². The molecule has 31 heavy (non-hydrogen) atoms. The summed E-state index contributed by atoms with van der Waals surface area (Å²) in [7, 11) is 0. The Morgan fingerprint density at radius 3 is 2.77 bits per heavy atom. The van der Waals surface area contributed by atoms with Crippen molar-refractivity contribution in [2.45, 2.75) is 33.4 Å². The number of aryl methyl sites for hydroxylation is 2. The van der Waals surface area contributed by atoms with E-state index in [1.165, 1.54) is 15.5 Å². The second-order valence-corrected chi connectivity index (χ2v) is 7.64. The molecule has 1 aliphatic heterocycles. The molecule has 10 nitrogen and oxygen atoms in total. The van der Waals surface area contributed by atoms with E-state index >= 15 is 0 Å². The molecule has 1 aliphatic rings. The van der Waals surface area contributed by atoms with Crippen LogP contribution in [0.1, 0.15) is 22.6 Å². The highest BCUT2D eigenvalue weighted by atomic mass is 16.5. The van der Waals surface area contributed by atoms with Crippen molar-refractivity contribution >= 4 is 23.3 Å². The molecule has 0 fully saturated rings. The van der Waals surface area contributed by atoms with Crippen molar-refractivity contribution in [1.82, 2.24) is 24.3 Å². The molecule has 0 saturated heterocycles. The van der Waals surface area contributed by atoms with Crippen LogP contribution in [-0.2, 0) is 24.3 Å². The predicted molar refractivity (Wildman–Crippen MR) is 113 cm³/mol. The Labute approximate surface area is 177 Å². The summed E-state index contributed by atoms with van der Waals surface area (Å²) in [6.45, 7) is 4.75. The van der Waals surface area contributed by atoms with Gasteiger partial charge in [0.2, 0.25) is 11.9 Å². The summed E-state index contributed by atoms with van der Waals surface area (Å²) in [5, 5.41) is 10.7. The van der Waals surface area contributed by atoms with Crippen LogP contribution in [0.15, 0.2) is 45.7 Å². The molecule has 3 aromatic heterocycles. The minimum Gasteiger partial charge on any atom is -0.360 e. The lowest BCUT2D eigenvalue weighted by molar-refractivity contribution is -0.117. The van der Waals surface area contributed by atoms with Crippen LogP contribution >= 0.6 is 0 Å². The van der Waals surface area contributed by atoms with Crippen LogP contribution < -0.4 is 15.9 Å². The Kier molecular flexibility index (Phi) is 4.54. The quantitative estimate of drug-likeness (QED) is 0.536. The number of aromatic nitrogens is 5. The standard InChI is InChI=1S/C21H21N7O3/c1-13-9-18-24-27(12-19(29)23-17-10-14(2)31-25-17)21(30)28(18)20(22-13)26-8-7-15-5-3-4-6-16(15)11-26/h3-6,9-10H,7-8,11-12H2,1-2H3,(H,23,25,29). The molecular formula is C21H21N7O3. The van der Waals surface area contributed by atoms with E-state index in [2.05, 4.69) is 37.6 Å². The van der Waals surface area contributed by atoms with Gasteiger partial charge in [-0.15, -0.1) is 5.10 Å². The minimum absolute atomic E-state index is 0.242. The average Bonchev–Trinajstić information content (AvgIpc) is 3.29. The molecule has 0 saturated carbocycles. The van der Waals surface area contributed by atoms with Gasteiger partial charge in [0.05, 0.1) is 0 Å². The molecule has 0 bridgehead atoms. The van der Waals surface area contributed by atoms with E-state index in [9.17, 15) is 9.59 Å². The van der Waals surface area contributed by atoms with Gasteiger partial charge in [0.25, 0.3) is 0 Å². The van der Waals surface area contributed by atoms with Crippen LogP contribution in [0.4, 0.5) is 11.8 Å². The summed E-state index contributed by atoms with van der Waals surface area (Å²) in [6, 6.07) is 11.6. The van der Waals surface area contributed by atoms with Gasteiger partial charge >= 0.3 is 5.69 Å². The van der Waals surface area contributed by atoms with Gasteiger partial charge in [-0.2, -0.15) is 0 Å². The Bertz CT molecular complexity index is 1350. The molecule has 158 valence electrons. The van der Waals surface area contributed by atoms with Crippen molar-refractivity contribution in [2.24, 2.45) is 0 Å². The van der Waals surface area contributed by atoms with Crippen molar-refractivity contribution in [3.8, 4) is 0 Å². The Morgan fingerprint density at radius 2 is 2.00 bits per heavy atom. The molecule has 0 atom stereocenters. The highest BCUT2D eigenvalue weighted by Crippen LogP contribution is 2.23. The van der Waals surface area contributed by atoms with Crippen molar-refractivity contribution in [1.29, 1.82) is 0 Å². The third-order valence-electron chi connectivity index (χ3n) is 5.28. The second-order valence-electron chi connectivity index (χ2n) is 7.64. The van der Waals surface area contributed by atoms with E-state index in [-0.39, 0.29) is 6.54 Å². The second kappa shape index (κ2) is 7.38. The van der Waals surface area contributed by atoms with Gasteiger partial charge < -0.3 is 14.7 Å². The van der Waals surface area contributed by atoms with Gasteiger partial charge in [-0.1, -0.05) is 29.4 Å². The first-order valence-electron chi connectivity index (χ1n) is 10.00. The maximum atomic E-state index is 13.1. The van der Waals surface area contributed by atoms with E-state index in [4.69, 9.17) is 4.52 Å². The summed E-state index contributed by atoms with van der Waals surface area (Å²) >= 11 is 0. The molecule has 0 radical (unpaired) electrons. The lowest BCUT2D eigenvalue weighted by Gasteiger charge is -2.29. The van der Waals surface area contributed by atoms with Crippen LogP contribution in [0.5, 0.6) is 0 Å². The fourth-order valence-electron chi connectivity index (χ4n) is 3.86. The molecular weight excluding hydrogens is 398 g/mol. The Morgan fingerprint density at radius 1 is 1.19 bits per heavy atom. The molecule has 1 N–H and O–H groups in total. The van der Waals surface area contributed by atoms with Crippen LogP contribution in [0.3, 0.4) is 0 Å². The molecule has 4 aromatic rings. The number of benzene rings is 1. The zero-order valence-electron chi connectivity index (χ0n) is 17.2. The number of nitrogens with zero attached hydrogens (tertiary/aromatic N) is 6. The fraction of sp³-hybridized carbons (Fsp3) is 0.286. The number of anilines is 2. The number of fused-ring (bicyclic) bond motifs is 2. The summed E-state index contributed by atoms with van der Waals surface area (Å²) in [6.07, 6.45) is 0.871. The van der Waals surface area contributed by atoms with Gasteiger partial charge in [0.15, 0.2) is 11.5 Å². The first-order chi connectivity index (χ1) is 15.0. The lowest BCUT2D eigenvalue weighted by Crippen LogP contribution is -2.35. The van der Waals surface area contributed by atoms with Crippen molar-refractivity contribution < 1.29 is 9.32 Å². The summed E-state index contributed by atoms with van der Waals surface area (Å²) < 4.78 is 7.55. The van der Waals surface area contributed by atoms with Gasteiger partial charge in [-0.05, 0) is 31.4 Å². The topological polar surface area (TPSA) is 111 Å². The van der Waals surface area contributed by atoms with E-state index in [0.717, 1.165) is 23.3 Å². The van der Waals surface area contributed by atoms with Gasteiger partial charge in [0.1, 0.15) is 12.3 Å². The Balaban J connectivity index is 1.47. The number of nitrogens with one attached hydrogen (secondary N) is 1. The predicted octanol–water partition coefficient (Wildman–Crippen LogP) is 1.70. The average molecular weight is 419 g/mol.